The molecule has 128 valence electrons. The molecule has 1 aliphatic rings. The number of aliphatic hydroxyl groups excluding tert-OH is 1. The minimum atomic E-state index is -0.619. The van der Waals surface area contributed by atoms with Crippen LogP contribution in [0.1, 0.15) is 31.0 Å². The average Bonchev–Trinajstić information content (AvgIpc) is 2.58. The van der Waals surface area contributed by atoms with Crippen molar-refractivity contribution in [1.29, 1.82) is 0 Å². The highest BCUT2D eigenvalue weighted by Gasteiger charge is 2.42. The van der Waals surface area contributed by atoms with Crippen molar-refractivity contribution in [2.75, 3.05) is 13.7 Å². The number of para-hydroxylation sites is 1. The van der Waals surface area contributed by atoms with Crippen LogP contribution in [-0.2, 0) is 6.42 Å². The zero-order valence-electron chi connectivity index (χ0n) is 14.5. The minimum Gasteiger partial charge on any atom is -0.497 e. The Labute approximate surface area is 143 Å². The van der Waals surface area contributed by atoms with E-state index in [0.717, 1.165) is 30.0 Å². The van der Waals surface area contributed by atoms with Gasteiger partial charge in [-0.15, -0.1) is 0 Å². The fourth-order valence-corrected chi connectivity index (χ4v) is 3.13. The van der Waals surface area contributed by atoms with Gasteiger partial charge in [0.25, 0.3) is 0 Å². The second kappa shape index (κ2) is 6.83. The molecule has 2 unspecified atom stereocenters. The summed E-state index contributed by atoms with van der Waals surface area (Å²) in [4.78, 5) is 0. The van der Waals surface area contributed by atoms with Crippen LogP contribution >= 0.6 is 0 Å². The maximum absolute atomic E-state index is 10.7. The summed E-state index contributed by atoms with van der Waals surface area (Å²) in [5.74, 6) is 1.71. The van der Waals surface area contributed by atoms with Crippen LogP contribution in [0.2, 0.25) is 0 Å². The van der Waals surface area contributed by atoms with E-state index in [2.05, 4.69) is 17.4 Å². The molecule has 4 nitrogen and oxygen atoms in total. The summed E-state index contributed by atoms with van der Waals surface area (Å²) in [6, 6.07) is 15.8. The van der Waals surface area contributed by atoms with Crippen molar-refractivity contribution >= 4 is 0 Å². The van der Waals surface area contributed by atoms with Crippen molar-refractivity contribution in [2.24, 2.45) is 0 Å². The number of benzene rings is 2. The lowest BCUT2D eigenvalue weighted by atomic mass is 9.86. The van der Waals surface area contributed by atoms with Crippen LogP contribution in [0.5, 0.6) is 11.5 Å². The number of hydrogen-bond acceptors (Lipinski definition) is 4. The second-order valence-corrected chi connectivity index (χ2v) is 6.72. The lowest BCUT2D eigenvalue weighted by Crippen LogP contribution is -2.52. The predicted octanol–water partition coefficient (Wildman–Crippen LogP) is 3.10. The molecule has 0 amide bonds. The predicted molar refractivity (Wildman–Crippen MR) is 94.6 cm³/mol. The van der Waals surface area contributed by atoms with E-state index in [9.17, 15) is 5.11 Å². The topological polar surface area (TPSA) is 50.7 Å². The van der Waals surface area contributed by atoms with Gasteiger partial charge in [-0.25, -0.2) is 0 Å². The Kier molecular flexibility index (Phi) is 4.78. The lowest BCUT2D eigenvalue weighted by molar-refractivity contribution is -0.0643. The van der Waals surface area contributed by atoms with Gasteiger partial charge in [-0.3, -0.25) is 0 Å². The largest absolute Gasteiger partial charge is 0.497 e. The molecule has 4 heteroatoms. The van der Waals surface area contributed by atoms with Crippen molar-refractivity contribution in [2.45, 2.75) is 38.0 Å². The Hall–Kier alpha value is -2.04. The highest BCUT2D eigenvalue weighted by Crippen LogP contribution is 2.39. The summed E-state index contributed by atoms with van der Waals surface area (Å²) in [6.45, 7) is 4.62. The van der Waals surface area contributed by atoms with Crippen molar-refractivity contribution in [3.05, 3.63) is 59.7 Å². The fourth-order valence-electron chi connectivity index (χ4n) is 3.13. The van der Waals surface area contributed by atoms with Gasteiger partial charge in [-0.1, -0.05) is 30.3 Å². The molecular formula is C20H25NO3. The molecular weight excluding hydrogens is 302 g/mol. The van der Waals surface area contributed by atoms with E-state index < -0.39 is 11.7 Å². The number of fused-ring (bicyclic) bond motifs is 1. The summed E-state index contributed by atoms with van der Waals surface area (Å²) < 4.78 is 11.1. The third-order valence-electron chi connectivity index (χ3n) is 4.59. The molecule has 0 radical (unpaired) electrons. The van der Waals surface area contributed by atoms with Gasteiger partial charge in [0.2, 0.25) is 0 Å². The third kappa shape index (κ3) is 3.40. The average molecular weight is 327 g/mol. The summed E-state index contributed by atoms with van der Waals surface area (Å²) >= 11 is 0. The van der Waals surface area contributed by atoms with E-state index in [1.54, 1.807) is 7.11 Å². The summed E-state index contributed by atoms with van der Waals surface area (Å²) in [6.07, 6.45) is 0.277. The van der Waals surface area contributed by atoms with E-state index in [-0.39, 0.29) is 6.04 Å². The monoisotopic (exact) mass is 327 g/mol. The highest BCUT2D eigenvalue weighted by molar-refractivity contribution is 5.40. The maximum Gasteiger partial charge on any atom is 0.131 e. The van der Waals surface area contributed by atoms with Gasteiger partial charge in [0.1, 0.15) is 23.2 Å². The van der Waals surface area contributed by atoms with Crippen molar-refractivity contribution in [3.8, 4) is 11.5 Å². The summed E-state index contributed by atoms with van der Waals surface area (Å²) in [5.41, 5.74) is 1.63. The molecule has 0 fully saturated rings. The van der Waals surface area contributed by atoms with Crippen LogP contribution in [0.3, 0.4) is 0 Å². The number of aliphatic hydroxyl groups is 1. The van der Waals surface area contributed by atoms with E-state index in [1.807, 2.05) is 50.2 Å². The zero-order chi connectivity index (χ0) is 17.2. The Bertz CT molecular complexity index is 682. The van der Waals surface area contributed by atoms with Gasteiger partial charge in [0.05, 0.1) is 13.2 Å². The second-order valence-electron chi connectivity index (χ2n) is 6.72. The van der Waals surface area contributed by atoms with Gasteiger partial charge in [0, 0.05) is 5.56 Å². The van der Waals surface area contributed by atoms with Gasteiger partial charge in [0.15, 0.2) is 0 Å². The van der Waals surface area contributed by atoms with Gasteiger partial charge in [-0.2, -0.15) is 0 Å². The lowest BCUT2D eigenvalue weighted by Gasteiger charge is -2.42. The zero-order valence-corrected chi connectivity index (χ0v) is 14.5. The molecule has 0 saturated carbocycles. The third-order valence-corrected chi connectivity index (χ3v) is 4.59. The van der Waals surface area contributed by atoms with Crippen molar-refractivity contribution < 1.29 is 14.6 Å². The fraction of sp³-hybridized carbons (Fsp3) is 0.400. The Morgan fingerprint density at radius 2 is 1.83 bits per heavy atom. The molecule has 2 N–H and O–H groups in total. The number of nitrogens with one attached hydrogen (secondary N) is 1. The normalized spacial score (nSPS) is 21.7. The minimum absolute atomic E-state index is 0.136. The standard InChI is InChI=1S/C20H25NO3/c1-20(2)19(22)18(16-6-4-5-7-17(16)24-20)21-13-12-14-8-10-15(23-3)11-9-14/h4-11,18-19,21-22H,12-13H2,1-3H3. The summed E-state index contributed by atoms with van der Waals surface area (Å²) in [7, 11) is 1.67. The molecule has 0 aromatic heterocycles. The highest BCUT2D eigenvalue weighted by atomic mass is 16.5. The van der Waals surface area contributed by atoms with E-state index in [1.165, 1.54) is 5.56 Å². The molecule has 0 spiro atoms. The van der Waals surface area contributed by atoms with Crippen molar-refractivity contribution in [1.82, 2.24) is 5.32 Å². The first-order valence-electron chi connectivity index (χ1n) is 8.33. The van der Waals surface area contributed by atoms with Gasteiger partial charge < -0.3 is 19.9 Å². The Morgan fingerprint density at radius 3 is 2.54 bits per heavy atom. The van der Waals surface area contributed by atoms with E-state index in [4.69, 9.17) is 9.47 Å². The summed E-state index contributed by atoms with van der Waals surface area (Å²) in [5, 5.41) is 14.2. The molecule has 1 heterocycles. The molecule has 0 saturated heterocycles. The Morgan fingerprint density at radius 1 is 1.12 bits per heavy atom. The van der Waals surface area contributed by atoms with Crippen LogP contribution < -0.4 is 14.8 Å². The first-order valence-corrected chi connectivity index (χ1v) is 8.33. The Balaban J connectivity index is 1.69. The van der Waals surface area contributed by atoms with Crippen LogP contribution in [0.25, 0.3) is 0 Å². The van der Waals surface area contributed by atoms with Crippen LogP contribution in [0, 0.1) is 0 Å². The SMILES string of the molecule is COc1ccc(CCNC2c3ccccc3OC(C)(C)C2O)cc1. The van der Waals surface area contributed by atoms with Crippen LogP contribution in [0.15, 0.2) is 48.5 Å². The van der Waals surface area contributed by atoms with Crippen LogP contribution in [0.4, 0.5) is 0 Å². The number of methoxy groups -OCH3 is 1. The van der Waals surface area contributed by atoms with Gasteiger partial charge >= 0.3 is 0 Å². The first-order chi connectivity index (χ1) is 11.5. The van der Waals surface area contributed by atoms with Crippen molar-refractivity contribution in [3.63, 3.8) is 0 Å². The molecule has 2 aromatic carbocycles. The van der Waals surface area contributed by atoms with E-state index in [0.29, 0.717) is 0 Å². The first kappa shape index (κ1) is 16.8. The molecule has 1 aliphatic heterocycles. The van der Waals surface area contributed by atoms with E-state index >= 15 is 0 Å². The quantitative estimate of drug-likeness (QED) is 0.886. The van der Waals surface area contributed by atoms with Gasteiger partial charge in [-0.05, 0) is 50.6 Å². The molecule has 3 rings (SSSR count). The molecule has 2 atom stereocenters. The number of hydrogen-bond donors (Lipinski definition) is 2. The molecule has 0 bridgehead atoms. The number of rotatable bonds is 5. The smallest absolute Gasteiger partial charge is 0.131 e. The molecule has 2 aromatic rings. The molecule has 24 heavy (non-hydrogen) atoms. The van der Waals surface area contributed by atoms with Crippen LogP contribution in [-0.4, -0.2) is 30.5 Å². The number of ether oxygens (including phenoxy) is 2. The maximum atomic E-state index is 10.7. The molecule has 0 aliphatic carbocycles.